The molecule has 0 radical (unpaired) electrons. The highest BCUT2D eigenvalue weighted by Crippen LogP contribution is 2.23. The molecule has 2 unspecified atom stereocenters. The standard InChI is InChI=1S/C8H13F3N2O/c1-6(8(9,10)11)14-5-7(2,4-12)13-3/h6,13H,5H2,1-3H3. The molecule has 0 amide bonds. The number of alkyl halides is 3. The molecule has 14 heavy (non-hydrogen) atoms. The zero-order chi connectivity index (χ0) is 11.4. The summed E-state index contributed by atoms with van der Waals surface area (Å²) in [6.45, 7) is 2.07. The Labute approximate surface area is 80.8 Å². The number of ether oxygens (including phenoxy) is 1. The molecule has 0 spiro atoms. The summed E-state index contributed by atoms with van der Waals surface area (Å²) >= 11 is 0. The molecule has 0 aliphatic carbocycles. The summed E-state index contributed by atoms with van der Waals surface area (Å²) in [6.07, 6.45) is -6.24. The minimum absolute atomic E-state index is 0.305. The SMILES string of the molecule is CNC(C)(C#N)COC(C)C(F)(F)F. The minimum atomic E-state index is -4.38. The number of nitrogens with zero attached hydrogens (tertiary/aromatic N) is 1. The molecule has 82 valence electrons. The van der Waals surface area contributed by atoms with E-state index in [1.807, 2.05) is 6.07 Å². The molecule has 3 nitrogen and oxygen atoms in total. The molecule has 0 fully saturated rings. The second-order valence-electron chi connectivity index (χ2n) is 3.19. The molecule has 0 aromatic carbocycles. The molecule has 0 rings (SSSR count). The van der Waals surface area contributed by atoms with Crippen molar-refractivity contribution in [2.24, 2.45) is 0 Å². The van der Waals surface area contributed by atoms with Crippen LogP contribution in [0.2, 0.25) is 0 Å². The monoisotopic (exact) mass is 210 g/mol. The van der Waals surface area contributed by atoms with Crippen LogP contribution in [0.5, 0.6) is 0 Å². The van der Waals surface area contributed by atoms with Gasteiger partial charge < -0.3 is 10.1 Å². The summed E-state index contributed by atoms with van der Waals surface area (Å²) in [5.74, 6) is 0. The maximum absolute atomic E-state index is 12.0. The van der Waals surface area contributed by atoms with Crippen LogP contribution in [0.15, 0.2) is 0 Å². The van der Waals surface area contributed by atoms with E-state index in [-0.39, 0.29) is 6.61 Å². The molecule has 0 aliphatic rings. The van der Waals surface area contributed by atoms with Crippen molar-refractivity contribution in [3.63, 3.8) is 0 Å². The Morgan fingerprint density at radius 2 is 2.00 bits per heavy atom. The first-order chi connectivity index (χ1) is 6.25. The minimum Gasteiger partial charge on any atom is -0.366 e. The van der Waals surface area contributed by atoms with Crippen LogP contribution in [0.1, 0.15) is 13.8 Å². The van der Waals surface area contributed by atoms with Gasteiger partial charge in [0.2, 0.25) is 0 Å². The van der Waals surface area contributed by atoms with E-state index < -0.39 is 17.8 Å². The van der Waals surface area contributed by atoms with Gasteiger partial charge in [-0.1, -0.05) is 0 Å². The van der Waals surface area contributed by atoms with Crippen LogP contribution in [0.4, 0.5) is 13.2 Å². The predicted molar refractivity (Wildman–Crippen MR) is 44.5 cm³/mol. The van der Waals surface area contributed by atoms with Crippen molar-refractivity contribution in [2.75, 3.05) is 13.7 Å². The van der Waals surface area contributed by atoms with Crippen LogP contribution in [0.25, 0.3) is 0 Å². The van der Waals surface area contributed by atoms with Crippen molar-refractivity contribution in [3.8, 4) is 6.07 Å². The number of hydrogen-bond acceptors (Lipinski definition) is 3. The van der Waals surface area contributed by atoms with Gasteiger partial charge in [-0.3, -0.25) is 0 Å². The Bertz CT molecular complexity index is 224. The molecule has 2 atom stereocenters. The van der Waals surface area contributed by atoms with Gasteiger partial charge in [0.25, 0.3) is 0 Å². The summed E-state index contributed by atoms with van der Waals surface area (Å²) in [6, 6.07) is 1.83. The fraction of sp³-hybridized carbons (Fsp3) is 0.875. The molecule has 0 aromatic rings. The molecular formula is C8H13F3N2O. The average molecular weight is 210 g/mol. The van der Waals surface area contributed by atoms with Gasteiger partial charge in [0.05, 0.1) is 12.7 Å². The van der Waals surface area contributed by atoms with E-state index >= 15 is 0 Å². The lowest BCUT2D eigenvalue weighted by atomic mass is 10.1. The Balaban J connectivity index is 4.13. The third kappa shape index (κ3) is 3.94. The van der Waals surface area contributed by atoms with E-state index in [0.717, 1.165) is 6.92 Å². The molecule has 0 aliphatic heterocycles. The predicted octanol–water partition coefficient (Wildman–Crippen LogP) is 1.46. The first-order valence-electron chi connectivity index (χ1n) is 4.03. The van der Waals surface area contributed by atoms with Crippen LogP contribution < -0.4 is 5.32 Å². The zero-order valence-electron chi connectivity index (χ0n) is 8.27. The third-order valence-electron chi connectivity index (χ3n) is 1.88. The van der Waals surface area contributed by atoms with Crippen LogP contribution in [0, 0.1) is 11.3 Å². The molecule has 0 heterocycles. The molecular weight excluding hydrogens is 197 g/mol. The second kappa shape index (κ2) is 4.62. The third-order valence-corrected chi connectivity index (χ3v) is 1.88. The van der Waals surface area contributed by atoms with Gasteiger partial charge in [0.15, 0.2) is 6.10 Å². The van der Waals surface area contributed by atoms with Crippen molar-refractivity contribution in [1.29, 1.82) is 5.26 Å². The molecule has 0 saturated heterocycles. The highest BCUT2D eigenvalue weighted by molar-refractivity contribution is 5.03. The van der Waals surface area contributed by atoms with Gasteiger partial charge in [-0.15, -0.1) is 0 Å². The van der Waals surface area contributed by atoms with E-state index in [2.05, 4.69) is 10.1 Å². The van der Waals surface area contributed by atoms with E-state index in [1.165, 1.54) is 14.0 Å². The van der Waals surface area contributed by atoms with Crippen molar-refractivity contribution in [2.45, 2.75) is 31.7 Å². The Morgan fingerprint density at radius 3 is 2.29 bits per heavy atom. The number of nitriles is 1. The van der Waals surface area contributed by atoms with Crippen molar-refractivity contribution in [3.05, 3.63) is 0 Å². The van der Waals surface area contributed by atoms with Crippen molar-refractivity contribution >= 4 is 0 Å². The number of hydrogen-bond donors (Lipinski definition) is 1. The normalized spacial score (nSPS) is 18.4. The van der Waals surface area contributed by atoms with Gasteiger partial charge >= 0.3 is 6.18 Å². The van der Waals surface area contributed by atoms with Crippen LogP contribution in [-0.2, 0) is 4.74 Å². The highest BCUT2D eigenvalue weighted by Gasteiger charge is 2.38. The van der Waals surface area contributed by atoms with E-state index in [0.29, 0.717) is 0 Å². The van der Waals surface area contributed by atoms with E-state index in [9.17, 15) is 13.2 Å². The van der Waals surface area contributed by atoms with Gasteiger partial charge in [-0.2, -0.15) is 18.4 Å². The summed E-state index contributed by atoms with van der Waals surface area (Å²) in [5, 5.41) is 11.2. The van der Waals surface area contributed by atoms with Gasteiger partial charge in [-0.05, 0) is 20.9 Å². The lowest BCUT2D eigenvalue weighted by molar-refractivity contribution is -0.216. The molecule has 0 saturated carbocycles. The lowest BCUT2D eigenvalue weighted by Gasteiger charge is -2.24. The Hall–Kier alpha value is -0.800. The first kappa shape index (κ1) is 13.2. The Kier molecular flexibility index (Phi) is 4.36. The van der Waals surface area contributed by atoms with Crippen LogP contribution in [0.3, 0.4) is 0 Å². The van der Waals surface area contributed by atoms with Crippen LogP contribution in [-0.4, -0.2) is 31.5 Å². The molecule has 0 aromatic heterocycles. The maximum Gasteiger partial charge on any atom is 0.414 e. The Morgan fingerprint density at radius 1 is 1.50 bits per heavy atom. The summed E-state index contributed by atoms with van der Waals surface area (Å²) < 4.78 is 40.6. The van der Waals surface area contributed by atoms with Crippen LogP contribution >= 0.6 is 0 Å². The molecule has 1 N–H and O–H groups in total. The number of halogens is 3. The van der Waals surface area contributed by atoms with Crippen molar-refractivity contribution in [1.82, 2.24) is 5.32 Å². The highest BCUT2D eigenvalue weighted by atomic mass is 19.4. The average Bonchev–Trinajstić information content (AvgIpc) is 2.12. The van der Waals surface area contributed by atoms with Gasteiger partial charge in [-0.25, -0.2) is 0 Å². The maximum atomic E-state index is 12.0. The van der Waals surface area contributed by atoms with E-state index in [1.54, 1.807) is 0 Å². The topological polar surface area (TPSA) is 45.0 Å². The summed E-state index contributed by atoms with van der Waals surface area (Å²) in [7, 11) is 1.49. The fourth-order valence-electron chi connectivity index (χ4n) is 0.547. The fourth-order valence-corrected chi connectivity index (χ4v) is 0.547. The molecule has 6 heteroatoms. The molecule has 0 bridgehead atoms. The number of rotatable bonds is 4. The zero-order valence-corrected chi connectivity index (χ0v) is 8.27. The van der Waals surface area contributed by atoms with Gasteiger partial charge in [0, 0.05) is 0 Å². The lowest BCUT2D eigenvalue weighted by Crippen LogP contribution is -2.45. The summed E-state index contributed by atoms with van der Waals surface area (Å²) in [5.41, 5.74) is -1.08. The smallest absolute Gasteiger partial charge is 0.366 e. The largest absolute Gasteiger partial charge is 0.414 e. The first-order valence-corrected chi connectivity index (χ1v) is 4.03. The van der Waals surface area contributed by atoms with E-state index in [4.69, 9.17) is 5.26 Å². The second-order valence-corrected chi connectivity index (χ2v) is 3.19. The summed E-state index contributed by atoms with van der Waals surface area (Å²) in [4.78, 5) is 0. The van der Waals surface area contributed by atoms with Crippen molar-refractivity contribution < 1.29 is 17.9 Å². The number of nitrogens with one attached hydrogen (secondary N) is 1. The number of likely N-dealkylation sites (N-methyl/N-ethyl adjacent to an activating group) is 1. The quantitative estimate of drug-likeness (QED) is 0.763. The van der Waals surface area contributed by atoms with Gasteiger partial charge in [0.1, 0.15) is 5.54 Å².